The van der Waals surface area contributed by atoms with Gasteiger partial charge in [0.2, 0.25) is 0 Å². The Morgan fingerprint density at radius 2 is 2.12 bits per heavy atom. The van der Waals surface area contributed by atoms with Crippen molar-refractivity contribution in [2.24, 2.45) is 0 Å². The summed E-state index contributed by atoms with van der Waals surface area (Å²) in [5.74, 6) is 0. The van der Waals surface area contributed by atoms with E-state index in [0.717, 1.165) is 15.8 Å². The second-order valence-corrected chi connectivity index (χ2v) is 7.47. The van der Waals surface area contributed by atoms with Gasteiger partial charge in [-0.1, -0.05) is 18.2 Å². The quantitative estimate of drug-likeness (QED) is 0.357. The second-order valence-electron chi connectivity index (χ2n) is 5.66. The molecule has 0 radical (unpaired) electrons. The van der Waals surface area contributed by atoms with Gasteiger partial charge in [0.1, 0.15) is 16.7 Å². The predicted octanol–water partition coefficient (Wildman–Crippen LogP) is 5.35. The Bertz CT molecular complexity index is 1240. The number of nitrogens with zero attached hydrogens (tertiary/aromatic N) is 2. The Kier molecular flexibility index (Phi) is 4.25. The summed E-state index contributed by atoms with van der Waals surface area (Å²) in [6, 6.07) is 13.3. The van der Waals surface area contributed by atoms with Gasteiger partial charge in [0.15, 0.2) is 0 Å². The van der Waals surface area contributed by atoms with E-state index in [9.17, 15) is 10.1 Å². The molecule has 1 aromatic carbocycles. The van der Waals surface area contributed by atoms with Crippen molar-refractivity contribution in [3.63, 3.8) is 0 Å². The van der Waals surface area contributed by atoms with Crippen LogP contribution in [0.5, 0.6) is 0 Å². The van der Waals surface area contributed by atoms with Crippen molar-refractivity contribution in [1.82, 2.24) is 4.98 Å². The molecule has 4 rings (SSSR count). The lowest BCUT2D eigenvalue weighted by Gasteiger charge is -1.99. The first-order valence-electron chi connectivity index (χ1n) is 7.81. The van der Waals surface area contributed by atoms with Crippen molar-refractivity contribution >= 4 is 45.3 Å². The first kappa shape index (κ1) is 16.5. The highest BCUT2D eigenvalue weighted by Gasteiger charge is 2.14. The summed E-state index contributed by atoms with van der Waals surface area (Å²) in [6.07, 6.45) is 1.84. The van der Waals surface area contributed by atoms with Gasteiger partial charge in [0.05, 0.1) is 16.8 Å². The SMILES string of the molecule is Cc1ccsc1C=C(C#N)c1nc(-c2cc3ccccc3oc2=O)cs1. The minimum absolute atomic E-state index is 0.399. The maximum Gasteiger partial charge on any atom is 0.345 e. The van der Waals surface area contributed by atoms with E-state index in [1.807, 2.05) is 42.6 Å². The lowest BCUT2D eigenvalue weighted by atomic mass is 10.1. The first-order chi connectivity index (χ1) is 12.7. The summed E-state index contributed by atoms with van der Waals surface area (Å²) in [5, 5.41) is 14.7. The van der Waals surface area contributed by atoms with Crippen molar-refractivity contribution < 1.29 is 4.42 Å². The van der Waals surface area contributed by atoms with Crippen LogP contribution in [0, 0.1) is 18.3 Å². The third-order valence-corrected chi connectivity index (χ3v) is 5.79. The molecule has 3 aromatic heterocycles. The number of fused-ring (bicyclic) bond motifs is 1. The molecule has 0 bridgehead atoms. The van der Waals surface area contributed by atoms with Crippen molar-refractivity contribution in [3.8, 4) is 17.3 Å². The Balaban J connectivity index is 1.78. The molecule has 4 aromatic rings. The Hall–Kier alpha value is -3.01. The third kappa shape index (κ3) is 2.99. The smallest absolute Gasteiger partial charge is 0.345 e. The summed E-state index contributed by atoms with van der Waals surface area (Å²) in [5.41, 5.74) is 2.63. The number of benzene rings is 1. The number of thiazole rings is 1. The topological polar surface area (TPSA) is 66.9 Å². The number of hydrogen-bond donors (Lipinski definition) is 0. The summed E-state index contributed by atoms with van der Waals surface area (Å²) in [7, 11) is 0. The molecule has 0 saturated carbocycles. The summed E-state index contributed by atoms with van der Waals surface area (Å²) in [6.45, 7) is 2.00. The Morgan fingerprint density at radius 1 is 1.27 bits per heavy atom. The van der Waals surface area contributed by atoms with E-state index in [2.05, 4.69) is 11.1 Å². The zero-order valence-corrected chi connectivity index (χ0v) is 15.4. The maximum absolute atomic E-state index is 12.3. The van der Waals surface area contributed by atoms with Crippen LogP contribution >= 0.6 is 22.7 Å². The Labute approximate surface area is 157 Å². The van der Waals surface area contributed by atoms with Crippen LogP contribution < -0.4 is 5.63 Å². The number of nitriles is 1. The van der Waals surface area contributed by atoms with Crippen molar-refractivity contribution in [3.05, 3.63) is 73.0 Å². The fourth-order valence-electron chi connectivity index (χ4n) is 2.57. The molecular weight excluding hydrogens is 364 g/mol. The minimum atomic E-state index is -0.433. The molecule has 0 spiro atoms. The van der Waals surface area contributed by atoms with E-state index in [1.54, 1.807) is 28.8 Å². The molecule has 0 fully saturated rings. The van der Waals surface area contributed by atoms with Gasteiger partial charge in [0.25, 0.3) is 0 Å². The normalized spacial score (nSPS) is 11.6. The van der Waals surface area contributed by atoms with Crippen LogP contribution in [0.2, 0.25) is 0 Å². The van der Waals surface area contributed by atoms with Crippen molar-refractivity contribution in [2.75, 3.05) is 0 Å². The van der Waals surface area contributed by atoms with Gasteiger partial charge in [-0.15, -0.1) is 22.7 Å². The largest absolute Gasteiger partial charge is 0.422 e. The van der Waals surface area contributed by atoms with Crippen LogP contribution in [-0.2, 0) is 0 Å². The van der Waals surface area contributed by atoms with Crippen molar-refractivity contribution in [2.45, 2.75) is 6.92 Å². The zero-order valence-electron chi connectivity index (χ0n) is 13.7. The van der Waals surface area contributed by atoms with Gasteiger partial charge < -0.3 is 4.42 Å². The maximum atomic E-state index is 12.3. The first-order valence-corrected chi connectivity index (χ1v) is 9.56. The highest BCUT2D eigenvalue weighted by molar-refractivity contribution is 7.12. The lowest BCUT2D eigenvalue weighted by molar-refractivity contribution is 0.563. The molecule has 0 aliphatic rings. The van der Waals surface area contributed by atoms with Gasteiger partial charge >= 0.3 is 5.63 Å². The van der Waals surface area contributed by atoms with Crippen LogP contribution in [0.1, 0.15) is 15.4 Å². The number of hydrogen-bond acceptors (Lipinski definition) is 6. The van der Waals surface area contributed by atoms with E-state index in [4.69, 9.17) is 4.42 Å². The van der Waals surface area contributed by atoms with E-state index in [-0.39, 0.29) is 0 Å². The van der Waals surface area contributed by atoms with Crippen LogP contribution in [0.15, 0.2) is 56.4 Å². The number of aryl methyl sites for hydroxylation is 1. The highest BCUT2D eigenvalue weighted by atomic mass is 32.1. The average Bonchev–Trinajstić information content (AvgIpc) is 3.28. The molecular formula is C20H12N2O2S2. The van der Waals surface area contributed by atoms with E-state index >= 15 is 0 Å². The number of rotatable bonds is 3. The van der Waals surface area contributed by atoms with Crippen LogP contribution in [0.25, 0.3) is 33.9 Å². The molecule has 126 valence electrons. The molecule has 4 nitrogen and oxygen atoms in total. The van der Waals surface area contributed by atoms with E-state index in [0.29, 0.717) is 27.4 Å². The van der Waals surface area contributed by atoms with Gasteiger partial charge in [-0.2, -0.15) is 5.26 Å². The standard InChI is InChI=1S/C20H12N2O2S2/c1-12-6-7-25-18(12)9-14(10-21)19-22-16(11-26-19)15-8-13-4-2-3-5-17(13)24-20(15)23/h2-9,11H,1H3. The summed E-state index contributed by atoms with van der Waals surface area (Å²) < 4.78 is 5.38. The van der Waals surface area contributed by atoms with Crippen LogP contribution in [0.3, 0.4) is 0 Å². The molecule has 0 atom stereocenters. The van der Waals surface area contributed by atoms with E-state index < -0.39 is 5.63 Å². The fourth-order valence-corrected chi connectivity index (χ4v) is 4.21. The molecule has 0 aliphatic carbocycles. The molecule has 3 heterocycles. The number of aromatic nitrogens is 1. The number of para-hydroxylation sites is 1. The van der Waals surface area contributed by atoms with Crippen molar-refractivity contribution in [1.29, 1.82) is 5.26 Å². The summed E-state index contributed by atoms with van der Waals surface area (Å²) in [4.78, 5) is 17.8. The average molecular weight is 376 g/mol. The molecule has 0 N–H and O–H groups in total. The number of thiophene rings is 1. The molecule has 0 saturated heterocycles. The second kappa shape index (κ2) is 6.71. The van der Waals surface area contributed by atoms with Gasteiger partial charge in [-0.25, -0.2) is 9.78 Å². The van der Waals surface area contributed by atoms with Crippen LogP contribution in [0.4, 0.5) is 0 Å². The monoisotopic (exact) mass is 376 g/mol. The van der Waals surface area contributed by atoms with E-state index in [1.165, 1.54) is 11.3 Å². The highest BCUT2D eigenvalue weighted by Crippen LogP contribution is 2.29. The molecule has 0 amide bonds. The third-order valence-electron chi connectivity index (χ3n) is 3.95. The summed E-state index contributed by atoms with van der Waals surface area (Å²) >= 11 is 2.92. The number of allylic oxidation sites excluding steroid dienone is 1. The lowest BCUT2D eigenvalue weighted by Crippen LogP contribution is -2.02. The molecule has 0 unspecified atom stereocenters. The van der Waals surface area contributed by atoms with Crippen LogP contribution in [-0.4, -0.2) is 4.98 Å². The molecule has 0 aliphatic heterocycles. The molecule has 26 heavy (non-hydrogen) atoms. The van der Waals surface area contributed by atoms with Gasteiger partial charge in [-0.3, -0.25) is 0 Å². The minimum Gasteiger partial charge on any atom is -0.422 e. The van der Waals surface area contributed by atoms with Gasteiger partial charge in [-0.05, 0) is 42.1 Å². The van der Waals surface area contributed by atoms with Gasteiger partial charge in [0, 0.05) is 15.6 Å². The molecule has 6 heteroatoms. The zero-order chi connectivity index (χ0) is 18.1. The predicted molar refractivity (Wildman–Crippen MR) is 106 cm³/mol. The fraction of sp³-hybridized carbons (Fsp3) is 0.0500. The Morgan fingerprint density at radius 3 is 2.88 bits per heavy atom.